The van der Waals surface area contributed by atoms with E-state index in [1.165, 1.54) is 22.2 Å². The highest BCUT2D eigenvalue weighted by atomic mass is 15.0. The van der Waals surface area contributed by atoms with Crippen molar-refractivity contribution in [2.75, 3.05) is 0 Å². The van der Waals surface area contributed by atoms with Crippen molar-refractivity contribution < 1.29 is 0 Å². The van der Waals surface area contributed by atoms with Gasteiger partial charge in [-0.1, -0.05) is 42.5 Å². The summed E-state index contributed by atoms with van der Waals surface area (Å²) >= 11 is 0. The molecule has 3 aromatic carbocycles. The summed E-state index contributed by atoms with van der Waals surface area (Å²) in [5.74, 6) is 0. The van der Waals surface area contributed by atoms with E-state index in [9.17, 15) is 0 Å². The van der Waals surface area contributed by atoms with Gasteiger partial charge in [-0.25, -0.2) is 0 Å². The fourth-order valence-electron chi connectivity index (χ4n) is 3.98. The van der Waals surface area contributed by atoms with Gasteiger partial charge in [0.2, 0.25) is 0 Å². The third-order valence-electron chi connectivity index (χ3n) is 5.42. The number of hydrogen-bond donors (Lipinski definition) is 0. The predicted octanol–water partition coefficient (Wildman–Crippen LogP) is 6.55. The van der Waals surface area contributed by atoms with E-state index in [-0.39, 0.29) is 0 Å². The normalized spacial score (nSPS) is 11.7. The van der Waals surface area contributed by atoms with Crippen molar-refractivity contribution in [2.24, 2.45) is 4.99 Å². The first-order valence-electron chi connectivity index (χ1n) is 9.77. The van der Waals surface area contributed by atoms with Crippen LogP contribution in [0.25, 0.3) is 27.4 Å². The van der Waals surface area contributed by atoms with Crippen molar-refractivity contribution in [1.29, 1.82) is 0 Å². The molecule has 2 aromatic heterocycles. The van der Waals surface area contributed by atoms with Crippen molar-refractivity contribution in [2.45, 2.75) is 13.8 Å². The average molecular weight is 375 g/mol. The maximum atomic E-state index is 4.82. The topological polar surface area (TPSA) is 30.2 Å². The molecule has 2 heterocycles. The zero-order chi connectivity index (χ0) is 19.8. The lowest BCUT2D eigenvalue weighted by Crippen LogP contribution is -1.99. The molecule has 0 bridgehead atoms. The minimum Gasteiger partial charge on any atom is -0.318 e. The molecule has 0 atom stereocenters. The van der Waals surface area contributed by atoms with E-state index in [0.717, 1.165) is 27.8 Å². The van der Waals surface area contributed by atoms with E-state index in [1.54, 1.807) is 0 Å². The lowest BCUT2D eigenvalue weighted by Gasteiger charge is -2.10. The minimum absolute atomic E-state index is 0.990. The molecule has 29 heavy (non-hydrogen) atoms. The number of fused-ring (bicyclic) bond motifs is 2. The predicted molar refractivity (Wildman–Crippen MR) is 122 cm³/mol. The number of nitrogens with zero attached hydrogens (tertiary/aromatic N) is 3. The average Bonchev–Trinajstić information content (AvgIpc) is 3.05. The summed E-state index contributed by atoms with van der Waals surface area (Å²) in [6.45, 7) is 4.28. The van der Waals surface area contributed by atoms with Gasteiger partial charge in [-0.15, -0.1) is 0 Å². The van der Waals surface area contributed by atoms with Gasteiger partial charge in [-0.2, -0.15) is 0 Å². The van der Waals surface area contributed by atoms with Crippen molar-refractivity contribution in [3.05, 3.63) is 102 Å². The highest BCUT2D eigenvalue weighted by molar-refractivity contribution is 5.95. The summed E-state index contributed by atoms with van der Waals surface area (Å²) in [7, 11) is 0. The van der Waals surface area contributed by atoms with Crippen molar-refractivity contribution in [3.8, 4) is 5.69 Å². The first-order valence-corrected chi connectivity index (χ1v) is 9.77. The molecule has 0 aliphatic carbocycles. The first kappa shape index (κ1) is 17.4. The van der Waals surface area contributed by atoms with E-state index in [0.29, 0.717) is 0 Å². The SMILES string of the molecule is Cc1cc(C=Nc2cccc3ccccc23)c(C)n1-c1ccc2ncccc2c1. The number of aliphatic imine (C=N–C) groups is 1. The maximum absolute atomic E-state index is 4.82. The first-order chi connectivity index (χ1) is 14.2. The summed E-state index contributed by atoms with van der Waals surface area (Å²) < 4.78 is 2.27. The Morgan fingerprint density at radius 1 is 0.828 bits per heavy atom. The van der Waals surface area contributed by atoms with Crippen LogP contribution in [0.5, 0.6) is 0 Å². The molecular formula is C26H21N3. The highest BCUT2D eigenvalue weighted by Gasteiger charge is 2.10. The van der Waals surface area contributed by atoms with Crippen molar-refractivity contribution in [1.82, 2.24) is 9.55 Å². The van der Waals surface area contributed by atoms with Crippen LogP contribution >= 0.6 is 0 Å². The second kappa shape index (κ2) is 7.02. The van der Waals surface area contributed by atoms with Crippen molar-refractivity contribution >= 4 is 33.6 Å². The number of benzene rings is 3. The molecule has 0 aliphatic rings. The molecule has 0 unspecified atom stereocenters. The molecule has 3 nitrogen and oxygen atoms in total. The van der Waals surface area contributed by atoms with Gasteiger partial charge in [0.15, 0.2) is 0 Å². The van der Waals surface area contributed by atoms with Crippen molar-refractivity contribution in [3.63, 3.8) is 0 Å². The van der Waals surface area contributed by atoms with Gasteiger partial charge in [0.1, 0.15) is 0 Å². The molecule has 0 radical (unpaired) electrons. The summed E-state index contributed by atoms with van der Waals surface area (Å²) in [6, 6.07) is 27.3. The largest absolute Gasteiger partial charge is 0.318 e. The monoisotopic (exact) mass is 375 g/mol. The third-order valence-corrected chi connectivity index (χ3v) is 5.42. The van der Waals surface area contributed by atoms with E-state index in [1.807, 2.05) is 18.5 Å². The van der Waals surface area contributed by atoms with Gasteiger partial charge < -0.3 is 4.57 Å². The zero-order valence-corrected chi connectivity index (χ0v) is 16.5. The Hall–Kier alpha value is -3.72. The van der Waals surface area contributed by atoms with Crippen LogP contribution in [-0.2, 0) is 0 Å². The van der Waals surface area contributed by atoms with Crippen LogP contribution < -0.4 is 0 Å². The lowest BCUT2D eigenvalue weighted by atomic mass is 10.1. The van der Waals surface area contributed by atoms with Crippen LogP contribution in [0, 0.1) is 13.8 Å². The fraction of sp³-hybridized carbons (Fsp3) is 0.0769. The summed E-state index contributed by atoms with van der Waals surface area (Å²) in [5, 5.41) is 3.52. The Labute approximate surface area is 170 Å². The number of pyridine rings is 1. The van der Waals surface area contributed by atoms with E-state index in [2.05, 4.69) is 96.2 Å². The Morgan fingerprint density at radius 2 is 1.66 bits per heavy atom. The molecule has 5 aromatic rings. The minimum atomic E-state index is 0.990. The second-order valence-electron chi connectivity index (χ2n) is 7.30. The maximum Gasteiger partial charge on any atom is 0.0708 e. The molecule has 0 spiro atoms. The van der Waals surface area contributed by atoms with Crippen LogP contribution in [0.1, 0.15) is 17.0 Å². The standard InChI is InChI=1S/C26H21N3/c1-18-15-22(17-28-26-11-5-8-20-7-3-4-10-24(20)26)19(2)29(18)23-12-13-25-21(16-23)9-6-14-27-25/h3-17H,1-2H3. The highest BCUT2D eigenvalue weighted by Crippen LogP contribution is 2.27. The van der Waals surface area contributed by atoms with E-state index >= 15 is 0 Å². The van der Waals surface area contributed by atoms with Gasteiger partial charge in [-0.3, -0.25) is 9.98 Å². The smallest absolute Gasteiger partial charge is 0.0708 e. The molecule has 5 rings (SSSR count). The Balaban J connectivity index is 1.56. The van der Waals surface area contributed by atoms with E-state index < -0.39 is 0 Å². The summed E-state index contributed by atoms with van der Waals surface area (Å²) in [4.78, 5) is 9.24. The van der Waals surface area contributed by atoms with Gasteiger partial charge >= 0.3 is 0 Å². The second-order valence-corrected chi connectivity index (χ2v) is 7.30. The molecule has 3 heteroatoms. The number of aryl methyl sites for hydroxylation is 1. The van der Waals surface area contributed by atoms with Gasteiger partial charge in [0.25, 0.3) is 0 Å². The lowest BCUT2D eigenvalue weighted by molar-refractivity contribution is 0.967. The Morgan fingerprint density at radius 3 is 2.59 bits per heavy atom. The van der Waals surface area contributed by atoms with Crippen LogP contribution in [-0.4, -0.2) is 15.8 Å². The van der Waals surface area contributed by atoms with Crippen LogP contribution in [0.2, 0.25) is 0 Å². The summed E-state index contributed by atoms with van der Waals surface area (Å²) in [5.41, 5.74) is 6.63. The number of aromatic nitrogens is 2. The Bertz CT molecular complexity index is 1370. The number of rotatable bonds is 3. The molecule has 0 amide bonds. The fourth-order valence-corrected chi connectivity index (χ4v) is 3.98. The molecule has 0 saturated carbocycles. The van der Waals surface area contributed by atoms with E-state index in [4.69, 9.17) is 4.99 Å². The van der Waals surface area contributed by atoms with Crippen LogP contribution in [0.4, 0.5) is 5.69 Å². The van der Waals surface area contributed by atoms with Crippen LogP contribution in [0.15, 0.2) is 90.1 Å². The molecule has 0 N–H and O–H groups in total. The van der Waals surface area contributed by atoms with Crippen LogP contribution in [0.3, 0.4) is 0 Å². The third kappa shape index (κ3) is 3.11. The molecule has 0 fully saturated rings. The molecule has 0 aliphatic heterocycles. The van der Waals surface area contributed by atoms with Gasteiger partial charge in [0, 0.05) is 45.8 Å². The molecular weight excluding hydrogens is 354 g/mol. The quantitative estimate of drug-likeness (QED) is 0.329. The van der Waals surface area contributed by atoms with Gasteiger partial charge in [-0.05, 0) is 55.6 Å². The summed E-state index contributed by atoms with van der Waals surface area (Å²) in [6.07, 6.45) is 3.80. The molecule has 0 saturated heterocycles. The Kier molecular flexibility index (Phi) is 4.21. The zero-order valence-electron chi connectivity index (χ0n) is 16.5. The number of hydrogen-bond acceptors (Lipinski definition) is 2. The van der Waals surface area contributed by atoms with Gasteiger partial charge in [0.05, 0.1) is 11.2 Å². The molecule has 140 valence electrons.